The number of likely N-dealkylation sites (tertiary alicyclic amines) is 1. The third-order valence-corrected chi connectivity index (χ3v) is 4.63. The minimum absolute atomic E-state index is 0.112. The van der Waals surface area contributed by atoms with Crippen molar-refractivity contribution in [2.75, 3.05) is 13.1 Å². The van der Waals surface area contributed by atoms with Crippen LogP contribution < -0.4 is 0 Å². The Morgan fingerprint density at radius 3 is 2.52 bits per heavy atom. The molecule has 1 aliphatic heterocycles. The smallest absolute Gasteiger partial charge is 0.256 e. The van der Waals surface area contributed by atoms with Gasteiger partial charge in [-0.3, -0.25) is 4.79 Å². The molecule has 3 rings (SSSR count). The third kappa shape index (κ3) is 3.45. The van der Waals surface area contributed by atoms with Gasteiger partial charge in [-0.2, -0.15) is 0 Å². The average molecular weight is 298 g/mol. The Kier molecular flexibility index (Phi) is 4.55. The highest BCUT2D eigenvalue weighted by atomic mass is 32.2. The monoisotopic (exact) mass is 298 g/mol. The van der Waals surface area contributed by atoms with E-state index in [9.17, 15) is 4.79 Å². The third-order valence-electron chi connectivity index (χ3n) is 3.60. The zero-order valence-corrected chi connectivity index (χ0v) is 12.7. The van der Waals surface area contributed by atoms with Gasteiger partial charge in [-0.25, -0.2) is 4.98 Å². The Bertz CT molecular complexity index is 609. The van der Waals surface area contributed by atoms with Crippen LogP contribution in [0.5, 0.6) is 0 Å². The molecule has 1 amide bonds. The van der Waals surface area contributed by atoms with Crippen LogP contribution in [-0.2, 0) is 0 Å². The summed E-state index contributed by atoms with van der Waals surface area (Å²) in [6, 6.07) is 13.8. The van der Waals surface area contributed by atoms with Crippen molar-refractivity contribution in [2.24, 2.45) is 0 Å². The molecule has 0 bridgehead atoms. The van der Waals surface area contributed by atoms with Crippen LogP contribution in [0.2, 0.25) is 0 Å². The molecule has 1 aliphatic rings. The number of piperidine rings is 1. The lowest BCUT2D eigenvalue weighted by Crippen LogP contribution is -2.35. The summed E-state index contributed by atoms with van der Waals surface area (Å²) in [5.74, 6) is 0.112. The van der Waals surface area contributed by atoms with Crippen LogP contribution in [0.15, 0.2) is 58.6 Å². The number of pyridine rings is 1. The van der Waals surface area contributed by atoms with Crippen LogP contribution in [0, 0.1) is 0 Å². The summed E-state index contributed by atoms with van der Waals surface area (Å²) in [7, 11) is 0. The predicted octanol–water partition coefficient (Wildman–Crippen LogP) is 3.86. The van der Waals surface area contributed by atoms with E-state index in [1.807, 2.05) is 47.4 Å². The number of hydrogen-bond acceptors (Lipinski definition) is 3. The van der Waals surface area contributed by atoms with Crippen LogP contribution in [0.25, 0.3) is 0 Å². The Labute approximate surface area is 129 Å². The molecule has 0 spiro atoms. The molecule has 4 heteroatoms. The van der Waals surface area contributed by atoms with E-state index >= 15 is 0 Å². The Balaban J connectivity index is 1.83. The van der Waals surface area contributed by atoms with Gasteiger partial charge in [0.05, 0.1) is 5.56 Å². The van der Waals surface area contributed by atoms with Crippen molar-refractivity contribution >= 4 is 17.7 Å². The average Bonchev–Trinajstić information content (AvgIpc) is 2.56. The largest absolute Gasteiger partial charge is 0.339 e. The number of hydrogen-bond donors (Lipinski definition) is 0. The van der Waals surface area contributed by atoms with E-state index in [4.69, 9.17) is 0 Å². The zero-order valence-electron chi connectivity index (χ0n) is 11.9. The second-order valence-corrected chi connectivity index (χ2v) is 6.19. The van der Waals surface area contributed by atoms with E-state index in [1.54, 1.807) is 18.0 Å². The fourth-order valence-corrected chi connectivity index (χ4v) is 3.40. The number of aromatic nitrogens is 1. The molecule has 2 heterocycles. The minimum atomic E-state index is 0.112. The lowest BCUT2D eigenvalue weighted by atomic mass is 10.1. The van der Waals surface area contributed by atoms with Crippen LogP contribution in [0.4, 0.5) is 0 Å². The second kappa shape index (κ2) is 6.76. The summed E-state index contributed by atoms with van der Waals surface area (Å²) < 4.78 is 0. The van der Waals surface area contributed by atoms with Gasteiger partial charge < -0.3 is 4.90 Å². The minimum Gasteiger partial charge on any atom is -0.339 e. The number of nitrogens with zero attached hydrogens (tertiary/aromatic N) is 2. The number of rotatable bonds is 3. The maximum Gasteiger partial charge on any atom is 0.256 e. The molecule has 1 fully saturated rings. The van der Waals surface area contributed by atoms with Crippen LogP contribution in [0.1, 0.15) is 29.6 Å². The van der Waals surface area contributed by atoms with E-state index in [1.165, 1.54) is 6.42 Å². The van der Waals surface area contributed by atoms with Crippen molar-refractivity contribution in [3.63, 3.8) is 0 Å². The molecule has 0 unspecified atom stereocenters. The first-order valence-electron chi connectivity index (χ1n) is 7.32. The van der Waals surface area contributed by atoms with Crippen LogP contribution in [-0.4, -0.2) is 28.9 Å². The first-order valence-corrected chi connectivity index (χ1v) is 8.13. The Hall–Kier alpha value is -1.81. The summed E-state index contributed by atoms with van der Waals surface area (Å²) in [6.07, 6.45) is 5.18. The molecule has 0 atom stereocenters. The predicted molar refractivity (Wildman–Crippen MR) is 84.6 cm³/mol. The molecule has 21 heavy (non-hydrogen) atoms. The maximum atomic E-state index is 12.7. The summed E-state index contributed by atoms with van der Waals surface area (Å²) in [4.78, 5) is 20.1. The van der Waals surface area contributed by atoms with Gasteiger partial charge in [0.15, 0.2) is 0 Å². The molecule has 1 aromatic heterocycles. The van der Waals surface area contributed by atoms with Gasteiger partial charge in [-0.15, -0.1) is 0 Å². The molecule has 108 valence electrons. The summed E-state index contributed by atoms with van der Waals surface area (Å²) in [5, 5.41) is 0.791. The van der Waals surface area contributed by atoms with E-state index in [0.717, 1.165) is 35.9 Å². The van der Waals surface area contributed by atoms with Crippen molar-refractivity contribution in [1.29, 1.82) is 0 Å². The van der Waals surface area contributed by atoms with Gasteiger partial charge in [0.1, 0.15) is 5.03 Å². The number of carbonyl (C=O) groups excluding carboxylic acids is 1. The van der Waals surface area contributed by atoms with Crippen LogP contribution >= 0.6 is 11.8 Å². The van der Waals surface area contributed by atoms with Crippen molar-refractivity contribution in [1.82, 2.24) is 9.88 Å². The van der Waals surface area contributed by atoms with Gasteiger partial charge in [0.25, 0.3) is 5.91 Å². The van der Waals surface area contributed by atoms with Gasteiger partial charge in [-0.05, 0) is 43.5 Å². The first kappa shape index (κ1) is 14.1. The SMILES string of the molecule is O=C(c1cccnc1Sc1ccccc1)N1CCCCC1. The molecule has 3 nitrogen and oxygen atoms in total. The van der Waals surface area contributed by atoms with Crippen molar-refractivity contribution in [3.8, 4) is 0 Å². The van der Waals surface area contributed by atoms with Gasteiger partial charge >= 0.3 is 0 Å². The molecule has 0 radical (unpaired) electrons. The molecule has 0 saturated carbocycles. The standard InChI is InChI=1S/C17H18N2OS/c20-17(19-12-5-2-6-13-19)15-10-7-11-18-16(15)21-14-8-3-1-4-9-14/h1,3-4,7-11H,2,5-6,12-13H2. The van der Waals surface area contributed by atoms with Crippen molar-refractivity contribution in [2.45, 2.75) is 29.2 Å². The lowest BCUT2D eigenvalue weighted by molar-refractivity contribution is 0.0720. The molecular weight excluding hydrogens is 280 g/mol. The first-order chi connectivity index (χ1) is 10.3. The quantitative estimate of drug-likeness (QED) is 0.862. The summed E-state index contributed by atoms with van der Waals surface area (Å²) in [5.41, 5.74) is 0.716. The highest BCUT2D eigenvalue weighted by Gasteiger charge is 2.21. The Morgan fingerprint density at radius 1 is 1.00 bits per heavy atom. The topological polar surface area (TPSA) is 33.2 Å². The molecule has 1 saturated heterocycles. The van der Waals surface area contributed by atoms with E-state index in [0.29, 0.717) is 5.56 Å². The maximum absolute atomic E-state index is 12.7. The zero-order chi connectivity index (χ0) is 14.5. The van der Waals surface area contributed by atoms with Gasteiger partial charge in [-0.1, -0.05) is 30.0 Å². The van der Waals surface area contributed by atoms with Gasteiger partial charge in [0, 0.05) is 24.2 Å². The fraction of sp³-hybridized carbons (Fsp3) is 0.294. The lowest BCUT2D eigenvalue weighted by Gasteiger charge is -2.27. The molecule has 0 aliphatic carbocycles. The van der Waals surface area contributed by atoms with Crippen LogP contribution in [0.3, 0.4) is 0 Å². The summed E-state index contributed by atoms with van der Waals surface area (Å²) >= 11 is 1.55. The normalized spacial score (nSPS) is 15.0. The van der Waals surface area contributed by atoms with E-state index < -0.39 is 0 Å². The highest BCUT2D eigenvalue weighted by Crippen LogP contribution is 2.29. The fourth-order valence-electron chi connectivity index (χ4n) is 2.50. The highest BCUT2D eigenvalue weighted by molar-refractivity contribution is 7.99. The van der Waals surface area contributed by atoms with E-state index in [-0.39, 0.29) is 5.91 Å². The summed E-state index contributed by atoms with van der Waals surface area (Å²) in [6.45, 7) is 1.73. The Morgan fingerprint density at radius 2 is 1.76 bits per heavy atom. The molecule has 2 aromatic rings. The number of carbonyl (C=O) groups is 1. The molecular formula is C17H18N2OS. The number of amides is 1. The molecule has 0 N–H and O–H groups in total. The van der Waals surface area contributed by atoms with Gasteiger partial charge in [0.2, 0.25) is 0 Å². The molecule has 1 aromatic carbocycles. The van der Waals surface area contributed by atoms with Crippen molar-refractivity contribution < 1.29 is 4.79 Å². The second-order valence-electron chi connectivity index (χ2n) is 5.12. The number of benzene rings is 1. The van der Waals surface area contributed by atoms with Crippen molar-refractivity contribution in [3.05, 3.63) is 54.2 Å². The van der Waals surface area contributed by atoms with E-state index in [2.05, 4.69) is 4.98 Å².